The van der Waals surface area contributed by atoms with E-state index in [4.69, 9.17) is 14.2 Å². The standard InChI is InChI=1S/C26H28N4O7/c1-4-37-26(32)17-10-12-28(13-11-17)25(31)23-16-22(21-9-8-20(35-2)15-24(21)36-3)27-29(23)18-6-5-7-19(14-18)30(33)34/h5-9,14-17H,4,10-13H2,1-3H3. The number of non-ortho nitro benzene ring substituents is 1. The van der Waals surface area contributed by atoms with Gasteiger partial charge in [-0.1, -0.05) is 6.07 Å². The highest BCUT2D eigenvalue weighted by Crippen LogP contribution is 2.34. The molecule has 1 aliphatic rings. The highest BCUT2D eigenvalue weighted by atomic mass is 16.6. The first-order valence-electron chi connectivity index (χ1n) is 11.9. The van der Waals surface area contributed by atoms with E-state index in [0.29, 0.717) is 61.0 Å². The Bertz CT molecular complexity index is 1310. The van der Waals surface area contributed by atoms with Crippen molar-refractivity contribution in [3.63, 3.8) is 0 Å². The number of carbonyl (C=O) groups excluding carboxylic acids is 2. The third-order valence-corrected chi connectivity index (χ3v) is 6.30. The number of likely N-dealkylation sites (tertiary alicyclic amines) is 1. The zero-order chi connectivity index (χ0) is 26.5. The monoisotopic (exact) mass is 508 g/mol. The largest absolute Gasteiger partial charge is 0.497 e. The second-order valence-corrected chi connectivity index (χ2v) is 8.49. The number of nitro benzene ring substituents is 1. The van der Waals surface area contributed by atoms with Gasteiger partial charge in [0.1, 0.15) is 17.2 Å². The SMILES string of the molecule is CCOC(=O)C1CCN(C(=O)c2cc(-c3ccc(OC)cc3OC)nn2-c2cccc([N+](=O)[O-])c2)CC1. The van der Waals surface area contributed by atoms with Crippen LogP contribution in [-0.4, -0.2) is 65.4 Å². The Morgan fingerprint density at radius 2 is 1.84 bits per heavy atom. The molecular weight excluding hydrogens is 480 g/mol. The van der Waals surface area contributed by atoms with Gasteiger partial charge in [-0.3, -0.25) is 19.7 Å². The van der Waals surface area contributed by atoms with Crippen molar-refractivity contribution in [3.8, 4) is 28.4 Å². The Kier molecular flexibility index (Phi) is 7.71. The minimum absolute atomic E-state index is 0.120. The van der Waals surface area contributed by atoms with E-state index < -0.39 is 4.92 Å². The van der Waals surface area contributed by atoms with Crippen LogP contribution < -0.4 is 9.47 Å². The predicted molar refractivity (Wildman–Crippen MR) is 134 cm³/mol. The molecule has 1 aromatic heterocycles. The molecule has 11 nitrogen and oxygen atoms in total. The molecule has 0 N–H and O–H groups in total. The van der Waals surface area contributed by atoms with Crippen LogP contribution in [0.25, 0.3) is 16.9 Å². The van der Waals surface area contributed by atoms with E-state index in [0.717, 1.165) is 0 Å². The number of ether oxygens (including phenoxy) is 3. The average molecular weight is 509 g/mol. The molecule has 0 bridgehead atoms. The highest BCUT2D eigenvalue weighted by molar-refractivity contribution is 5.95. The Labute approximate surface area is 213 Å². The lowest BCUT2D eigenvalue weighted by atomic mass is 9.97. The van der Waals surface area contributed by atoms with Crippen LogP contribution in [0.1, 0.15) is 30.3 Å². The second-order valence-electron chi connectivity index (χ2n) is 8.49. The zero-order valence-electron chi connectivity index (χ0n) is 20.9. The average Bonchev–Trinajstić information content (AvgIpc) is 3.38. The number of benzene rings is 2. The van der Waals surface area contributed by atoms with Crippen molar-refractivity contribution in [2.75, 3.05) is 33.9 Å². The van der Waals surface area contributed by atoms with E-state index >= 15 is 0 Å². The third kappa shape index (κ3) is 5.40. The molecule has 2 heterocycles. The maximum Gasteiger partial charge on any atom is 0.309 e. The molecular formula is C26H28N4O7. The summed E-state index contributed by atoms with van der Waals surface area (Å²) in [7, 11) is 3.07. The zero-order valence-corrected chi connectivity index (χ0v) is 20.9. The van der Waals surface area contributed by atoms with Crippen molar-refractivity contribution >= 4 is 17.6 Å². The third-order valence-electron chi connectivity index (χ3n) is 6.30. The number of aromatic nitrogens is 2. The van der Waals surface area contributed by atoms with E-state index in [1.807, 2.05) is 0 Å². The first kappa shape index (κ1) is 25.7. The first-order chi connectivity index (χ1) is 17.9. The molecule has 0 atom stereocenters. The molecule has 2 aromatic carbocycles. The van der Waals surface area contributed by atoms with Crippen LogP contribution in [0, 0.1) is 16.0 Å². The second kappa shape index (κ2) is 11.1. The van der Waals surface area contributed by atoms with Crippen molar-refractivity contribution in [2.45, 2.75) is 19.8 Å². The lowest BCUT2D eigenvalue weighted by molar-refractivity contribution is -0.384. The lowest BCUT2D eigenvalue weighted by Crippen LogP contribution is -2.41. The summed E-state index contributed by atoms with van der Waals surface area (Å²) in [6.07, 6.45) is 0.989. The topological polar surface area (TPSA) is 126 Å². The number of amides is 1. The number of hydrogen-bond donors (Lipinski definition) is 0. The molecule has 0 spiro atoms. The summed E-state index contributed by atoms with van der Waals surface area (Å²) in [5.74, 6) is 0.312. The predicted octanol–water partition coefficient (Wildman–Crippen LogP) is 3.88. The molecule has 11 heteroatoms. The molecule has 194 valence electrons. The fourth-order valence-electron chi connectivity index (χ4n) is 4.35. The molecule has 0 aliphatic carbocycles. The number of carbonyl (C=O) groups is 2. The maximum absolute atomic E-state index is 13.7. The number of hydrogen-bond acceptors (Lipinski definition) is 8. The maximum atomic E-state index is 13.7. The number of nitro groups is 1. The molecule has 0 unspecified atom stereocenters. The van der Waals surface area contributed by atoms with Crippen molar-refractivity contribution in [1.82, 2.24) is 14.7 Å². The van der Waals surface area contributed by atoms with Crippen LogP contribution in [0.2, 0.25) is 0 Å². The van der Waals surface area contributed by atoms with Crippen molar-refractivity contribution in [1.29, 1.82) is 0 Å². The van der Waals surface area contributed by atoms with Crippen LogP contribution >= 0.6 is 0 Å². The summed E-state index contributed by atoms with van der Waals surface area (Å²) < 4.78 is 17.3. The van der Waals surface area contributed by atoms with E-state index in [1.165, 1.54) is 23.9 Å². The summed E-state index contributed by atoms with van der Waals surface area (Å²) in [6.45, 7) is 2.84. The Balaban J connectivity index is 1.73. The van der Waals surface area contributed by atoms with Gasteiger partial charge >= 0.3 is 5.97 Å². The minimum atomic E-state index is -0.498. The van der Waals surface area contributed by atoms with Gasteiger partial charge in [0, 0.05) is 36.9 Å². The molecule has 3 aromatic rings. The molecule has 1 saturated heterocycles. The quantitative estimate of drug-likeness (QED) is 0.255. The van der Waals surface area contributed by atoms with Crippen LogP contribution in [0.15, 0.2) is 48.5 Å². The Morgan fingerprint density at radius 3 is 2.49 bits per heavy atom. The Morgan fingerprint density at radius 1 is 1.08 bits per heavy atom. The van der Waals surface area contributed by atoms with Crippen LogP contribution in [0.4, 0.5) is 5.69 Å². The van der Waals surface area contributed by atoms with Gasteiger partial charge in [0.2, 0.25) is 0 Å². The Hall–Kier alpha value is -4.41. The van der Waals surface area contributed by atoms with Crippen molar-refractivity contribution in [2.24, 2.45) is 5.92 Å². The number of piperidine rings is 1. The molecule has 1 aliphatic heterocycles. The number of rotatable bonds is 8. The van der Waals surface area contributed by atoms with Crippen LogP contribution in [0.5, 0.6) is 11.5 Å². The molecule has 1 fully saturated rings. The van der Waals surface area contributed by atoms with Gasteiger partial charge in [0.05, 0.1) is 43.0 Å². The van der Waals surface area contributed by atoms with Gasteiger partial charge in [0.25, 0.3) is 11.6 Å². The molecule has 4 rings (SSSR count). The fraction of sp³-hybridized carbons (Fsp3) is 0.346. The van der Waals surface area contributed by atoms with Crippen molar-refractivity contribution < 1.29 is 28.7 Å². The van der Waals surface area contributed by atoms with Gasteiger partial charge < -0.3 is 19.1 Å². The number of esters is 1. The lowest BCUT2D eigenvalue weighted by Gasteiger charge is -2.30. The molecule has 37 heavy (non-hydrogen) atoms. The van der Waals surface area contributed by atoms with Gasteiger partial charge in [0.15, 0.2) is 0 Å². The molecule has 1 amide bonds. The summed E-state index contributed by atoms with van der Waals surface area (Å²) in [4.78, 5) is 38.4. The van der Waals surface area contributed by atoms with Crippen LogP contribution in [-0.2, 0) is 9.53 Å². The summed E-state index contributed by atoms with van der Waals surface area (Å²) in [5.41, 5.74) is 1.57. The van der Waals surface area contributed by atoms with E-state index in [2.05, 4.69) is 5.10 Å². The smallest absolute Gasteiger partial charge is 0.309 e. The fourth-order valence-corrected chi connectivity index (χ4v) is 4.35. The van der Waals surface area contributed by atoms with E-state index in [-0.39, 0.29) is 29.2 Å². The van der Waals surface area contributed by atoms with Crippen molar-refractivity contribution in [3.05, 3.63) is 64.3 Å². The van der Waals surface area contributed by atoms with Gasteiger partial charge in [-0.25, -0.2) is 4.68 Å². The molecule has 0 saturated carbocycles. The number of methoxy groups -OCH3 is 2. The van der Waals surface area contributed by atoms with Gasteiger partial charge in [-0.2, -0.15) is 5.10 Å². The van der Waals surface area contributed by atoms with Crippen LogP contribution in [0.3, 0.4) is 0 Å². The number of nitrogens with zero attached hydrogens (tertiary/aromatic N) is 4. The van der Waals surface area contributed by atoms with Gasteiger partial charge in [-0.15, -0.1) is 0 Å². The van der Waals surface area contributed by atoms with E-state index in [9.17, 15) is 19.7 Å². The molecule has 0 radical (unpaired) electrons. The first-order valence-corrected chi connectivity index (χ1v) is 11.9. The minimum Gasteiger partial charge on any atom is -0.497 e. The van der Waals surface area contributed by atoms with E-state index in [1.54, 1.807) is 55.3 Å². The summed E-state index contributed by atoms with van der Waals surface area (Å²) in [6, 6.07) is 12.8. The normalized spacial score (nSPS) is 13.8. The highest BCUT2D eigenvalue weighted by Gasteiger charge is 2.31. The van der Waals surface area contributed by atoms with Gasteiger partial charge in [-0.05, 0) is 44.0 Å². The summed E-state index contributed by atoms with van der Waals surface area (Å²) in [5, 5.41) is 16.0. The summed E-state index contributed by atoms with van der Waals surface area (Å²) >= 11 is 0.